The molecule has 7 heteroatoms. The first-order chi connectivity index (χ1) is 13.6. The number of ether oxygens (including phenoxy) is 1. The largest absolute Gasteiger partial charge is 0.445 e. The summed E-state index contributed by atoms with van der Waals surface area (Å²) in [5, 5.41) is 2.34. The van der Waals surface area contributed by atoms with Crippen molar-refractivity contribution in [3.8, 4) is 0 Å². The number of hydrogen-bond donors (Lipinski definition) is 1. The lowest BCUT2D eigenvalue weighted by Gasteiger charge is -2.31. The van der Waals surface area contributed by atoms with Gasteiger partial charge in [-0.1, -0.05) is 36.4 Å². The molecule has 0 spiro atoms. The summed E-state index contributed by atoms with van der Waals surface area (Å²) in [4.78, 5) is 39.0. The van der Waals surface area contributed by atoms with Gasteiger partial charge < -0.3 is 9.64 Å². The van der Waals surface area contributed by atoms with Crippen LogP contribution in [0.3, 0.4) is 0 Å². The van der Waals surface area contributed by atoms with Crippen LogP contribution in [-0.4, -0.2) is 36.0 Å². The van der Waals surface area contributed by atoms with Crippen LogP contribution in [0.25, 0.3) is 0 Å². The average molecular weight is 379 g/mol. The van der Waals surface area contributed by atoms with Crippen molar-refractivity contribution in [2.24, 2.45) is 0 Å². The van der Waals surface area contributed by atoms with Crippen LogP contribution < -0.4 is 10.2 Å². The first kappa shape index (κ1) is 18.0. The van der Waals surface area contributed by atoms with Crippen LogP contribution in [0.1, 0.15) is 23.1 Å². The van der Waals surface area contributed by atoms with E-state index in [9.17, 15) is 14.4 Å². The molecule has 0 saturated carbocycles. The fourth-order valence-electron chi connectivity index (χ4n) is 3.48. The van der Waals surface area contributed by atoms with Crippen molar-refractivity contribution in [1.82, 2.24) is 10.2 Å². The lowest BCUT2D eigenvalue weighted by atomic mass is 9.99. The number of rotatable bonds is 3. The predicted molar refractivity (Wildman–Crippen MR) is 103 cm³/mol. The number of amides is 4. The Kier molecular flexibility index (Phi) is 4.97. The van der Waals surface area contributed by atoms with Crippen LogP contribution in [0.2, 0.25) is 0 Å². The second-order valence-corrected chi connectivity index (χ2v) is 6.92. The first-order valence-electron chi connectivity index (χ1n) is 9.29. The molecule has 28 heavy (non-hydrogen) atoms. The third-order valence-corrected chi connectivity index (χ3v) is 5.03. The van der Waals surface area contributed by atoms with Crippen LogP contribution in [0, 0.1) is 0 Å². The smallest absolute Gasteiger partial charge is 0.410 e. The fraction of sp³-hybridized carbons (Fsp3) is 0.286. The van der Waals surface area contributed by atoms with E-state index < -0.39 is 6.03 Å². The highest BCUT2D eigenvalue weighted by Gasteiger charge is 2.26. The molecule has 0 radical (unpaired) electrons. The van der Waals surface area contributed by atoms with Crippen molar-refractivity contribution in [1.29, 1.82) is 0 Å². The van der Waals surface area contributed by atoms with Gasteiger partial charge in [-0.2, -0.15) is 0 Å². The standard InChI is InChI=1S/C21H21N3O4/c25-19-9-11-24(20(26)22-19)18-7-6-17-13-23(10-8-16(17)12-18)21(27)28-14-15-4-2-1-3-5-15/h1-7,12H,8-11,13-14H2,(H,22,25,26). The maximum atomic E-state index is 12.4. The minimum absolute atomic E-state index is 0.246. The number of carbonyl (C=O) groups excluding carboxylic acids is 3. The summed E-state index contributed by atoms with van der Waals surface area (Å²) in [6.45, 7) is 1.68. The molecule has 1 fully saturated rings. The first-order valence-corrected chi connectivity index (χ1v) is 9.29. The summed E-state index contributed by atoms with van der Waals surface area (Å²) in [6.07, 6.45) is 0.662. The normalized spacial score (nSPS) is 16.4. The summed E-state index contributed by atoms with van der Waals surface area (Å²) < 4.78 is 5.42. The third kappa shape index (κ3) is 3.83. The van der Waals surface area contributed by atoms with Gasteiger partial charge in [0, 0.05) is 31.7 Å². The molecule has 0 atom stereocenters. The van der Waals surface area contributed by atoms with Gasteiger partial charge in [0.25, 0.3) is 0 Å². The molecule has 2 aliphatic rings. The van der Waals surface area contributed by atoms with E-state index in [1.165, 1.54) is 0 Å². The van der Waals surface area contributed by atoms with Gasteiger partial charge >= 0.3 is 12.1 Å². The molecule has 0 unspecified atom stereocenters. The maximum absolute atomic E-state index is 12.4. The number of fused-ring (bicyclic) bond motifs is 1. The number of anilines is 1. The number of nitrogens with one attached hydrogen (secondary N) is 1. The summed E-state index contributed by atoms with van der Waals surface area (Å²) in [5.74, 6) is -0.246. The Morgan fingerprint density at radius 3 is 2.61 bits per heavy atom. The van der Waals surface area contributed by atoms with Gasteiger partial charge in [-0.25, -0.2) is 9.59 Å². The van der Waals surface area contributed by atoms with Gasteiger partial charge in [0.2, 0.25) is 5.91 Å². The molecule has 1 saturated heterocycles. The van der Waals surface area contributed by atoms with Crippen molar-refractivity contribution < 1.29 is 19.1 Å². The van der Waals surface area contributed by atoms with E-state index >= 15 is 0 Å². The van der Waals surface area contributed by atoms with Crippen molar-refractivity contribution in [3.05, 3.63) is 65.2 Å². The van der Waals surface area contributed by atoms with Crippen LogP contribution in [0.15, 0.2) is 48.5 Å². The number of urea groups is 1. The zero-order valence-corrected chi connectivity index (χ0v) is 15.4. The molecule has 4 amide bonds. The van der Waals surface area contributed by atoms with E-state index in [4.69, 9.17) is 4.74 Å². The van der Waals surface area contributed by atoms with Gasteiger partial charge in [-0.3, -0.25) is 15.0 Å². The fourth-order valence-corrected chi connectivity index (χ4v) is 3.48. The quantitative estimate of drug-likeness (QED) is 0.889. The van der Waals surface area contributed by atoms with Crippen LogP contribution in [0.4, 0.5) is 15.3 Å². The molecule has 2 aromatic rings. The Labute approximate surface area is 162 Å². The molecular weight excluding hydrogens is 358 g/mol. The molecule has 2 aliphatic heterocycles. The summed E-state index contributed by atoms with van der Waals surface area (Å²) in [7, 11) is 0. The number of carbonyl (C=O) groups is 3. The van der Waals surface area contributed by atoms with Gasteiger partial charge in [0.05, 0.1) is 0 Å². The second kappa shape index (κ2) is 7.72. The molecule has 2 aromatic carbocycles. The third-order valence-electron chi connectivity index (χ3n) is 5.03. The topological polar surface area (TPSA) is 79.0 Å². The van der Waals surface area contributed by atoms with E-state index in [0.29, 0.717) is 32.5 Å². The Morgan fingerprint density at radius 1 is 1.00 bits per heavy atom. The van der Waals surface area contributed by atoms with Crippen molar-refractivity contribution >= 4 is 23.7 Å². The van der Waals surface area contributed by atoms with Crippen molar-refractivity contribution in [2.45, 2.75) is 26.0 Å². The Hall–Kier alpha value is -3.35. The van der Waals surface area contributed by atoms with Gasteiger partial charge in [0.15, 0.2) is 0 Å². The minimum Gasteiger partial charge on any atom is -0.445 e. The summed E-state index contributed by atoms with van der Waals surface area (Å²) >= 11 is 0. The molecule has 1 N–H and O–H groups in total. The lowest BCUT2D eigenvalue weighted by molar-refractivity contribution is -0.120. The number of hydrogen-bond acceptors (Lipinski definition) is 4. The molecule has 0 aliphatic carbocycles. The van der Waals surface area contributed by atoms with Crippen LogP contribution in [-0.2, 0) is 29.1 Å². The molecule has 0 bridgehead atoms. The van der Waals surface area contributed by atoms with Gasteiger partial charge in [-0.05, 0) is 35.2 Å². The second-order valence-electron chi connectivity index (χ2n) is 6.92. The summed E-state index contributed by atoms with van der Waals surface area (Å²) in [5.41, 5.74) is 3.87. The Morgan fingerprint density at radius 2 is 1.82 bits per heavy atom. The van der Waals surface area contributed by atoms with Gasteiger partial charge in [-0.15, -0.1) is 0 Å². The Balaban J connectivity index is 1.40. The van der Waals surface area contributed by atoms with E-state index in [-0.39, 0.29) is 18.6 Å². The van der Waals surface area contributed by atoms with Crippen LogP contribution in [0.5, 0.6) is 0 Å². The van der Waals surface area contributed by atoms with Crippen molar-refractivity contribution in [3.63, 3.8) is 0 Å². The average Bonchev–Trinajstić information content (AvgIpc) is 2.72. The zero-order valence-electron chi connectivity index (χ0n) is 15.4. The maximum Gasteiger partial charge on any atom is 0.410 e. The SMILES string of the molecule is O=C1CCN(c2ccc3c(c2)CCN(C(=O)OCc2ccccc2)C3)C(=O)N1. The van der Waals surface area contributed by atoms with E-state index in [2.05, 4.69) is 5.32 Å². The highest BCUT2D eigenvalue weighted by atomic mass is 16.6. The van der Waals surface area contributed by atoms with Crippen molar-refractivity contribution in [2.75, 3.05) is 18.0 Å². The highest BCUT2D eigenvalue weighted by Crippen LogP contribution is 2.26. The number of imide groups is 1. The monoisotopic (exact) mass is 379 g/mol. The minimum atomic E-state index is -0.391. The van der Waals surface area contributed by atoms with E-state index in [0.717, 1.165) is 22.4 Å². The number of benzene rings is 2. The van der Waals surface area contributed by atoms with Crippen LogP contribution >= 0.6 is 0 Å². The molecule has 144 valence electrons. The lowest BCUT2D eigenvalue weighted by Crippen LogP contribution is -2.49. The molecular formula is C21H21N3O4. The highest BCUT2D eigenvalue weighted by molar-refractivity contribution is 6.05. The molecule has 0 aromatic heterocycles. The zero-order chi connectivity index (χ0) is 19.5. The van der Waals surface area contributed by atoms with Gasteiger partial charge in [0.1, 0.15) is 6.61 Å². The molecule has 7 nitrogen and oxygen atoms in total. The molecule has 2 heterocycles. The van der Waals surface area contributed by atoms with E-state index in [1.54, 1.807) is 9.80 Å². The summed E-state index contributed by atoms with van der Waals surface area (Å²) in [6, 6.07) is 15.0. The predicted octanol–water partition coefficient (Wildman–Crippen LogP) is 2.83. The van der Waals surface area contributed by atoms with E-state index in [1.807, 2.05) is 48.5 Å². The Bertz CT molecular complexity index is 913. The number of nitrogens with zero attached hydrogens (tertiary/aromatic N) is 2. The molecule has 4 rings (SSSR count).